The maximum absolute atomic E-state index is 13.1. The molecule has 0 aromatic heterocycles. The van der Waals surface area contributed by atoms with Crippen molar-refractivity contribution in [1.29, 1.82) is 0 Å². The topological polar surface area (TPSA) is 92.8 Å². The largest absolute Gasteiger partial charge is 0.452 e. The summed E-state index contributed by atoms with van der Waals surface area (Å²) in [7, 11) is -3.58. The minimum atomic E-state index is -3.58. The third-order valence-electron chi connectivity index (χ3n) is 5.84. The molecule has 1 aliphatic carbocycles. The molecular formula is C22H32N2O5S. The average molecular weight is 437 g/mol. The first kappa shape index (κ1) is 22.7. The van der Waals surface area contributed by atoms with Crippen molar-refractivity contribution in [3.8, 4) is 0 Å². The van der Waals surface area contributed by atoms with Crippen molar-refractivity contribution in [1.82, 2.24) is 9.62 Å². The highest BCUT2D eigenvalue weighted by Crippen LogP contribution is 2.28. The molecule has 7 nitrogen and oxygen atoms in total. The monoisotopic (exact) mass is 436 g/mol. The van der Waals surface area contributed by atoms with E-state index in [-0.39, 0.29) is 25.0 Å². The van der Waals surface area contributed by atoms with Gasteiger partial charge < -0.3 is 10.1 Å². The quantitative estimate of drug-likeness (QED) is 0.692. The molecule has 0 saturated carbocycles. The zero-order chi connectivity index (χ0) is 21.9. The second kappa shape index (κ2) is 9.47. The number of esters is 1. The highest BCUT2D eigenvalue weighted by Gasteiger charge is 2.34. The third kappa shape index (κ3) is 5.21. The van der Waals surface area contributed by atoms with E-state index in [1.165, 1.54) is 9.87 Å². The van der Waals surface area contributed by atoms with Crippen LogP contribution in [0, 0.1) is 5.92 Å². The van der Waals surface area contributed by atoms with Gasteiger partial charge in [-0.2, -0.15) is 4.31 Å². The van der Waals surface area contributed by atoms with Gasteiger partial charge in [0.1, 0.15) is 0 Å². The number of sulfonamides is 1. The van der Waals surface area contributed by atoms with Gasteiger partial charge in [0.05, 0.1) is 10.8 Å². The minimum Gasteiger partial charge on any atom is -0.452 e. The smallest absolute Gasteiger partial charge is 0.309 e. The Kier molecular flexibility index (Phi) is 7.18. The summed E-state index contributed by atoms with van der Waals surface area (Å²) in [6, 6.07) is 5.43. The van der Waals surface area contributed by atoms with Gasteiger partial charge in [-0.3, -0.25) is 9.59 Å². The lowest BCUT2D eigenvalue weighted by Crippen LogP contribution is -2.43. The highest BCUT2D eigenvalue weighted by atomic mass is 32.2. The Morgan fingerprint density at radius 3 is 2.33 bits per heavy atom. The van der Waals surface area contributed by atoms with Gasteiger partial charge in [0.2, 0.25) is 10.0 Å². The molecule has 0 spiro atoms. The van der Waals surface area contributed by atoms with Crippen LogP contribution in [0.5, 0.6) is 0 Å². The van der Waals surface area contributed by atoms with E-state index >= 15 is 0 Å². The number of amides is 1. The molecule has 1 atom stereocenters. The Balaban J connectivity index is 1.58. The first-order valence-corrected chi connectivity index (χ1v) is 12.3. The second-order valence-corrected chi connectivity index (χ2v) is 10.5. The Bertz CT molecular complexity index is 889. The van der Waals surface area contributed by atoms with Gasteiger partial charge in [-0.1, -0.05) is 6.07 Å². The van der Waals surface area contributed by atoms with Gasteiger partial charge in [0, 0.05) is 19.1 Å². The first-order valence-electron chi connectivity index (χ1n) is 10.8. The maximum Gasteiger partial charge on any atom is 0.309 e. The van der Waals surface area contributed by atoms with Crippen LogP contribution >= 0.6 is 0 Å². The second-order valence-electron chi connectivity index (χ2n) is 8.56. The van der Waals surface area contributed by atoms with Gasteiger partial charge in [0.25, 0.3) is 5.91 Å². The number of carbonyl (C=O) groups excluding carboxylic acids is 2. The molecule has 3 rings (SSSR count). The van der Waals surface area contributed by atoms with E-state index < -0.39 is 28.0 Å². The molecular weight excluding hydrogens is 404 g/mol. The lowest BCUT2D eigenvalue weighted by Gasteiger charge is -2.31. The molecule has 1 heterocycles. The molecule has 30 heavy (non-hydrogen) atoms. The Hall–Kier alpha value is -1.93. The van der Waals surface area contributed by atoms with E-state index in [1.54, 1.807) is 13.0 Å². The number of carbonyl (C=O) groups is 2. The van der Waals surface area contributed by atoms with Crippen LogP contribution in [-0.4, -0.2) is 49.8 Å². The molecule has 0 bridgehead atoms. The van der Waals surface area contributed by atoms with Crippen LogP contribution in [-0.2, 0) is 37.2 Å². The average Bonchev–Trinajstić information content (AvgIpc) is 2.72. The molecule has 1 unspecified atom stereocenters. The molecule has 0 radical (unpaired) electrons. The first-order chi connectivity index (χ1) is 14.2. The Morgan fingerprint density at radius 2 is 1.70 bits per heavy atom. The van der Waals surface area contributed by atoms with E-state index in [9.17, 15) is 18.0 Å². The molecule has 1 N–H and O–H groups in total. The number of hydrogen-bond acceptors (Lipinski definition) is 5. The molecule has 1 aromatic carbocycles. The van der Waals surface area contributed by atoms with Gasteiger partial charge in [-0.15, -0.1) is 0 Å². The zero-order valence-corrected chi connectivity index (χ0v) is 18.8. The van der Waals surface area contributed by atoms with E-state index in [0.717, 1.165) is 31.2 Å². The normalized spacial score (nSPS) is 19.2. The SMILES string of the molecule is CC(C)NC(=O)C(C)OC(=O)C1CCN(S(=O)(=O)c2ccc3c(c2)CCCC3)CC1. The standard InChI is InChI=1S/C22H32N2O5S/c1-15(2)23-21(25)16(3)29-22(26)18-10-12-24(13-11-18)30(27,28)20-9-8-17-6-4-5-7-19(17)14-20/h8-9,14-16,18H,4-7,10-13H2,1-3H3,(H,23,25). The number of benzene rings is 1. The van der Waals surface area contributed by atoms with Gasteiger partial charge in [-0.25, -0.2) is 8.42 Å². The summed E-state index contributed by atoms with van der Waals surface area (Å²) < 4.78 is 32.9. The summed E-state index contributed by atoms with van der Waals surface area (Å²) in [4.78, 5) is 24.7. The van der Waals surface area contributed by atoms with E-state index in [2.05, 4.69) is 5.32 Å². The summed E-state index contributed by atoms with van der Waals surface area (Å²) in [5.41, 5.74) is 2.38. The number of rotatable bonds is 6. The number of piperidine rings is 1. The van der Waals surface area contributed by atoms with Gasteiger partial charge in [0.15, 0.2) is 6.10 Å². The lowest BCUT2D eigenvalue weighted by atomic mass is 9.92. The Labute approximate surface area is 179 Å². The lowest BCUT2D eigenvalue weighted by molar-refractivity contribution is -0.160. The minimum absolute atomic E-state index is 0.0318. The molecule has 1 aromatic rings. The number of nitrogens with zero attached hydrogens (tertiary/aromatic N) is 1. The number of hydrogen-bond donors (Lipinski definition) is 1. The fraction of sp³-hybridized carbons (Fsp3) is 0.636. The summed E-state index contributed by atoms with van der Waals surface area (Å²) in [6.45, 7) is 5.76. The van der Waals surface area contributed by atoms with Crippen LogP contribution in [0.4, 0.5) is 0 Å². The molecule has 1 aliphatic heterocycles. The number of fused-ring (bicyclic) bond motifs is 1. The van der Waals surface area contributed by atoms with Crippen molar-refractivity contribution in [3.05, 3.63) is 29.3 Å². The summed E-state index contributed by atoms with van der Waals surface area (Å²) in [5, 5.41) is 2.71. The van der Waals surface area contributed by atoms with E-state index in [0.29, 0.717) is 17.7 Å². The summed E-state index contributed by atoms with van der Waals surface area (Å²) in [6.07, 6.45) is 4.10. The van der Waals surface area contributed by atoms with Crippen molar-refractivity contribution in [3.63, 3.8) is 0 Å². The zero-order valence-electron chi connectivity index (χ0n) is 18.0. The van der Waals surface area contributed by atoms with Gasteiger partial charge >= 0.3 is 5.97 Å². The summed E-state index contributed by atoms with van der Waals surface area (Å²) in [5.74, 6) is -1.16. The van der Waals surface area contributed by atoms with Crippen LogP contribution in [0.1, 0.15) is 57.6 Å². The number of nitrogens with one attached hydrogen (secondary N) is 1. The van der Waals surface area contributed by atoms with E-state index in [1.807, 2.05) is 26.0 Å². The number of aryl methyl sites for hydroxylation is 2. The highest BCUT2D eigenvalue weighted by molar-refractivity contribution is 7.89. The van der Waals surface area contributed by atoms with Crippen molar-refractivity contribution in [2.75, 3.05) is 13.1 Å². The number of ether oxygens (including phenoxy) is 1. The molecule has 1 saturated heterocycles. The van der Waals surface area contributed by atoms with Crippen LogP contribution in [0.3, 0.4) is 0 Å². The predicted octanol–water partition coefficient (Wildman–Crippen LogP) is 2.42. The fourth-order valence-corrected chi connectivity index (χ4v) is 5.60. The van der Waals surface area contributed by atoms with Crippen molar-refractivity contribution >= 4 is 21.9 Å². The van der Waals surface area contributed by atoms with Crippen LogP contribution in [0.25, 0.3) is 0 Å². The molecule has 8 heteroatoms. The fourth-order valence-electron chi connectivity index (χ4n) is 4.08. The molecule has 2 aliphatic rings. The Morgan fingerprint density at radius 1 is 1.07 bits per heavy atom. The van der Waals surface area contributed by atoms with Crippen molar-refractivity contribution in [2.45, 2.75) is 76.3 Å². The van der Waals surface area contributed by atoms with Crippen LogP contribution in [0.15, 0.2) is 23.1 Å². The van der Waals surface area contributed by atoms with Crippen molar-refractivity contribution < 1.29 is 22.7 Å². The molecule has 1 amide bonds. The predicted molar refractivity (Wildman–Crippen MR) is 113 cm³/mol. The van der Waals surface area contributed by atoms with Crippen LogP contribution < -0.4 is 5.32 Å². The maximum atomic E-state index is 13.1. The summed E-state index contributed by atoms with van der Waals surface area (Å²) >= 11 is 0. The van der Waals surface area contributed by atoms with Gasteiger partial charge in [-0.05, 0) is 82.6 Å². The third-order valence-corrected chi connectivity index (χ3v) is 7.73. The van der Waals surface area contributed by atoms with Crippen molar-refractivity contribution in [2.24, 2.45) is 5.92 Å². The molecule has 166 valence electrons. The molecule has 1 fully saturated rings. The van der Waals surface area contributed by atoms with E-state index in [4.69, 9.17) is 4.74 Å². The van der Waals surface area contributed by atoms with Crippen LogP contribution in [0.2, 0.25) is 0 Å².